The molecule has 0 spiro atoms. The van der Waals surface area contributed by atoms with Crippen LogP contribution in [0.2, 0.25) is 0 Å². The highest BCUT2D eigenvalue weighted by Crippen LogP contribution is 2.18. The van der Waals surface area contributed by atoms with Crippen LogP contribution in [-0.4, -0.2) is 24.8 Å². The van der Waals surface area contributed by atoms with Gasteiger partial charge in [-0.1, -0.05) is 20.8 Å². The average Bonchev–Trinajstić information content (AvgIpc) is 2.76. The zero-order valence-corrected chi connectivity index (χ0v) is 11.5. The first-order valence-corrected chi connectivity index (χ1v) is 7.01. The summed E-state index contributed by atoms with van der Waals surface area (Å²) in [7, 11) is 0. The Labute approximate surface area is 101 Å². The molecule has 0 radical (unpaired) electrons. The quantitative estimate of drug-likeness (QED) is 0.720. The van der Waals surface area contributed by atoms with E-state index >= 15 is 0 Å². The third-order valence-electron chi connectivity index (χ3n) is 3.53. The van der Waals surface area contributed by atoms with Gasteiger partial charge < -0.3 is 10.1 Å². The van der Waals surface area contributed by atoms with Crippen molar-refractivity contribution in [1.82, 2.24) is 5.32 Å². The maximum absolute atomic E-state index is 5.77. The topological polar surface area (TPSA) is 21.3 Å². The largest absolute Gasteiger partial charge is 0.377 e. The van der Waals surface area contributed by atoms with Gasteiger partial charge in [-0.25, -0.2) is 0 Å². The van der Waals surface area contributed by atoms with E-state index in [9.17, 15) is 0 Å². The van der Waals surface area contributed by atoms with E-state index in [2.05, 4.69) is 33.0 Å². The monoisotopic (exact) mass is 227 g/mol. The van der Waals surface area contributed by atoms with E-state index in [0.717, 1.165) is 12.5 Å². The normalized spacial score (nSPS) is 24.9. The van der Waals surface area contributed by atoms with Crippen LogP contribution in [0.1, 0.15) is 59.8 Å². The molecule has 2 heteroatoms. The molecular weight excluding hydrogens is 198 g/mol. The SMILES string of the molecule is CCC(NC(C)CCC(C)C)C1CCCO1. The van der Waals surface area contributed by atoms with Gasteiger partial charge in [0.05, 0.1) is 6.10 Å². The van der Waals surface area contributed by atoms with E-state index < -0.39 is 0 Å². The molecular formula is C14H29NO. The van der Waals surface area contributed by atoms with Gasteiger partial charge in [-0.15, -0.1) is 0 Å². The molecule has 1 N–H and O–H groups in total. The van der Waals surface area contributed by atoms with E-state index in [1.807, 2.05) is 0 Å². The van der Waals surface area contributed by atoms with Crippen LogP contribution >= 0.6 is 0 Å². The van der Waals surface area contributed by atoms with Gasteiger partial charge in [-0.2, -0.15) is 0 Å². The van der Waals surface area contributed by atoms with Gasteiger partial charge in [-0.05, 0) is 44.9 Å². The van der Waals surface area contributed by atoms with Crippen molar-refractivity contribution in [2.75, 3.05) is 6.61 Å². The summed E-state index contributed by atoms with van der Waals surface area (Å²) in [6.07, 6.45) is 6.71. The van der Waals surface area contributed by atoms with E-state index in [-0.39, 0.29) is 0 Å². The summed E-state index contributed by atoms with van der Waals surface area (Å²) in [5.74, 6) is 0.812. The minimum atomic E-state index is 0.464. The van der Waals surface area contributed by atoms with E-state index in [1.54, 1.807) is 0 Å². The highest BCUT2D eigenvalue weighted by molar-refractivity contribution is 4.81. The fraction of sp³-hybridized carbons (Fsp3) is 1.00. The number of rotatable bonds is 7. The van der Waals surface area contributed by atoms with Crippen LogP contribution in [0.3, 0.4) is 0 Å². The lowest BCUT2D eigenvalue weighted by Crippen LogP contribution is -2.43. The zero-order valence-electron chi connectivity index (χ0n) is 11.5. The molecule has 0 aliphatic carbocycles. The molecule has 1 rings (SSSR count). The van der Waals surface area contributed by atoms with Gasteiger partial charge >= 0.3 is 0 Å². The van der Waals surface area contributed by atoms with Gasteiger partial charge in [0.25, 0.3) is 0 Å². The highest BCUT2D eigenvalue weighted by Gasteiger charge is 2.25. The van der Waals surface area contributed by atoms with Crippen molar-refractivity contribution >= 4 is 0 Å². The molecule has 1 saturated heterocycles. The minimum Gasteiger partial charge on any atom is -0.377 e. The van der Waals surface area contributed by atoms with Crippen molar-refractivity contribution in [3.63, 3.8) is 0 Å². The Morgan fingerprint density at radius 2 is 2.00 bits per heavy atom. The molecule has 3 unspecified atom stereocenters. The summed E-state index contributed by atoms with van der Waals surface area (Å²) >= 11 is 0. The van der Waals surface area contributed by atoms with E-state index in [0.29, 0.717) is 18.2 Å². The van der Waals surface area contributed by atoms with Crippen molar-refractivity contribution in [1.29, 1.82) is 0 Å². The molecule has 0 bridgehead atoms. The molecule has 16 heavy (non-hydrogen) atoms. The van der Waals surface area contributed by atoms with Crippen LogP contribution < -0.4 is 5.32 Å². The molecule has 2 nitrogen and oxygen atoms in total. The Balaban J connectivity index is 2.25. The molecule has 1 aliphatic heterocycles. The second-order valence-electron chi connectivity index (χ2n) is 5.61. The van der Waals surface area contributed by atoms with Crippen molar-refractivity contribution in [3.05, 3.63) is 0 Å². The Morgan fingerprint density at radius 3 is 2.50 bits per heavy atom. The predicted molar refractivity (Wildman–Crippen MR) is 69.7 cm³/mol. The van der Waals surface area contributed by atoms with Crippen molar-refractivity contribution in [2.45, 2.75) is 78.0 Å². The minimum absolute atomic E-state index is 0.464. The number of ether oxygens (including phenoxy) is 1. The average molecular weight is 227 g/mol. The molecule has 0 aromatic carbocycles. The number of hydrogen-bond acceptors (Lipinski definition) is 2. The Hall–Kier alpha value is -0.0800. The van der Waals surface area contributed by atoms with Crippen LogP contribution in [0.5, 0.6) is 0 Å². The fourth-order valence-corrected chi connectivity index (χ4v) is 2.44. The molecule has 1 aliphatic rings. The smallest absolute Gasteiger partial charge is 0.0728 e. The van der Waals surface area contributed by atoms with E-state index in [4.69, 9.17) is 4.74 Å². The molecule has 96 valence electrons. The first kappa shape index (κ1) is 14.0. The maximum Gasteiger partial charge on any atom is 0.0728 e. The van der Waals surface area contributed by atoms with Crippen LogP contribution in [0.15, 0.2) is 0 Å². The Kier molecular flexibility index (Phi) is 6.37. The summed E-state index contributed by atoms with van der Waals surface area (Å²) in [5.41, 5.74) is 0. The molecule has 1 fully saturated rings. The van der Waals surface area contributed by atoms with Gasteiger partial charge in [0.15, 0.2) is 0 Å². The van der Waals surface area contributed by atoms with E-state index in [1.165, 1.54) is 32.1 Å². The van der Waals surface area contributed by atoms with Gasteiger partial charge in [0, 0.05) is 18.7 Å². The van der Waals surface area contributed by atoms with Crippen LogP contribution in [0.4, 0.5) is 0 Å². The van der Waals surface area contributed by atoms with Crippen molar-refractivity contribution < 1.29 is 4.74 Å². The fourth-order valence-electron chi connectivity index (χ4n) is 2.44. The molecule has 0 aromatic rings. The highest BCUT2D eigenvalue weighted by atomic mass is 16.5. The van der Waals surface area contributed by atoms with Gasteiger partial charge in [0.1, 0.15) is 0 Å². The lowest BCUT2D eigenvalue weighted by molar-refractivity contribution is 0.0728. The Morgan fingerprint density at radius 1 is 1.25 bits per heavy atom. The van der Waals surface area contributed by atoms with Gasteiger partial charge in [0.2, 0.25) is 0 Å². The predicted octanol–water partition coefficient (Wildman–Crippen LogP) is 3.36. The summed E-state index contributed by atoms with van der Waals surface area (Å²) < 4.78 is 5.77. The van der Waals surface area contributed by atoms with Crippen LogP contribution in [0.25, 0.3) is 0 Å². The second-order valence-corrected chi connectivity index (χ2v) is 5.61. The van der Waals surface area contributed by atoms with Crippen molar-refractivity contribution in [3.8, 4) is 0 Å². The van der Waals surface area contributed by atoms with Gasteiger partial charge in [-0.3, -0.25) is 0 Å². The summed E-state index contributed by atoms with van der Waals surface area (Å²) in [6, 6.07) is 1.18. The van der Waals surface area contributed by atoms with Crippen LogP contribution in [-0.2, 0) is 4.74 Å². The molecule has 3 atom stereocenters. The van der Waals surface area contributed by atoms with Crippen LogP contribution in [0, 0.1) is 5.92 Å². The summed E-state index contributed by atoms with van der Waals surface area (Å²) in [6.45, 7) is 10.1. The standard InChI is InChI=1S/C14H29NO/c1-5-13(14-7-6-10-16-14)15-12(4)9-8-11(2)3/h11-15H,5-10H2,1-4H3. The third-order valence-corrected chi connectivity index (χ3v) is 3.53. The maximum atomic E-state index is 5.77. The first-order chi connectivity index (χ1) is 7.63. The molecule has 0 aromatic heterocycles. The van der Waals surface area contributed by atoms with Crippen molar-refractivity contribution in [2.24, 2.45) is 5.92 Å². The summed E-state index contributed by atoms with van der Waals surface area (Å²) in [5, 5.41) is 3.74. The molecule has 0 saturated carbocycles. The lowest BCUT2D eigenvalue weighted by atomic mass is 10.0. The second kappa shape index (κ2) is 7.29. The molecule has 1 heterocycles. The third kappa shape index (κ3) is 4.84. The number of hydrogen-bond donors (Lipinski definition) is 1. The zero-order chi connectivity index (χ0) is 12.0. The summed E-state index contributed by atoms with van der Waals surface area (Å²) in [4.78, 5) is 0. The number of nitrogens with one attached hydrogen (secondary N) is 1. The lowest BCUT2D eigenvalue weighted by Gasteiger charge is -2.27. The first-order valence-electron chi connectivity index (χ1n) is 7.01. The molecule has 0 amide bonds. The Bertz CT molecular complexity index is 176.